The van der Waals surface area contributed by atoms with Crippen LogP contribution in [-0.4, -0.2) is 36.8 Å². The first-order chi connectivity index (χ1) is 10.4. The summed E-state index contributed by atoms with van der Waals surface area (Å²) in [7, 11) is 0. The van der Waals surface area contributed by atoms with Crippen molar-refractivity contribution < 1.29 is 23.9 Å². The van der Waals surface area contributed by atoms with Crippen LogP contribution in [0.4, 0.5) is 4.79 Å². The van der Waals surface area contributed by atoms with Crippen molar-refractivity contribution in [1.29, 1.82) is 0 Å². The Balaban J connectivity index is 2.24. The highest BCUT2D eigenvalue weighted by molar-refractivity contribution is 7.18. The number of ketones is 1. The van der Waals surface area contributed by atoms with E-state index in [-0.39, 0.29) is 18.6 Å². The Labute approximate surface area is 136 Å². The minimum Gasteiger partial charge on any atom is -0.456 e. The van der Waals surface area contributed by atoms with Crippen molar-refractivity contribution in [3.63, 3.8) is 0 Å². The second-order valence-electron chi connectivity index (χ2n) is 4.10. The van der Waals surface area contributed by atoms with Crippen LogP contribution >= 0.6 is 22.9 Å². The Morgan fingerprint density at radius 2 is 1.95 bits per heavy atom. The molecule has 3 amide bonds. The van der Waals surface area contributed by atoms with Crippen molar-refractivity contribution in [3.8, 4) is 0 Å². The molecular weight excluding hydrogens is 332 g/mol. The summed E-state index contributed by atoms with van der Waals surface area (Å²) in [6.07, 6.45) is -0.184. The number of halogens is 1. The molecule has 0 bridgehead atoms. The Morgan fingerprint density at radius 3 is 2.55 bits per heavy atom. The van der Waals surface area contributed by atoms with Crippen LogP contribution in [0.3, 0.4) is 0 Å². The van der Waals surface area contributed by atoms with Crippen LogP contribution in [0.25, 0.3) is 0 Å². The van der Waals surface area contributed by atoms with Gasteiger partial charge in [-0.3, -0.25) is 19.7 Å². The summed E-state index contributed by atoms with van der Waals surface area (Å²) in [4.78, 5) is 45.9. The van der Waals surface area contributed by atoms with Crippen LogP contribution in [0, 0.1) is 0 Å². The Morgan fingerprint density at radius 1 is 1.23 bits per heavy atom. The molecule has 0 fully saturated rings. The number of carbonyl (C=O) groups excluding carboxylic acids is 4. The standard InChI is InChI=1S/C13H15ClN2O5S/c1-2-15-13(20)16-11(18)7-21-12(19)6-3-8(17)9-4-5-10(14)22-9/h4-5H,2-3,6-7H2,1H3,(H2,15,16,18,20). The quantitative estimate of drug-likeness (QED) is 0.578. The number of esters is 1. The van der Waals surface area contributed by atoms with Gasteiger partial charge in [-0.15, -0.1) is 11.3 Å². The highest BCUT2D eigenvalue weighted by Gasteiger charge is 2.14. The molecule has 0 saturated heterocycles. The second kappa shape index (κ2) is 9.16. The first kappa shape index (κ1) is 18.1. The highest BCUT2D eigenvalue weighted by Crippen LogP contribution is 2.22. The molecule has 0 aromatic carbocycles. The topological polar surface area (TPSA) is 102 Å². The van der Waals surface area contributed by atoms with Crippen LogP contribution in [0.5, 0.6) is 0 Å². The summed E-state index contributed by atoms with van der Waals surface area (Å²) < 4.78 is 5.16. The fourth-order valence-corrected chi connectivity index (χ4v) is 2.40. The zero-order valence-electron chi connectivity index (χ0n) is 11.8. The lowest BCUT2D eigenvalue weighted by Gasteiger charge is -2.05. The fraction of sp³-hybridized carbons (Fsp3) is 0.385. The van der Waals surface area contributed by atoms with E-state index in [1.54, 1.807) is 19.1 Å². The maximum Gasteiger partial charge on any atom is 0.321 e. The van der Waals surface area contributed by atoms with Crippen molar-refractivity contribution in [2.45, 2.75) is 19.8 Å². The smallest absolute Gasteiger partial charge is 0.321 e. The molecule has 1 rings (SSSR count). The lowest BCUT2D eigenvalue weighted by atomic mass is 10.2. The summed E-state index contributed by atoms with van der Waals surface area (Å²) in [5.74, 6) is -1.65. The normalized spacial score (nSPS) is 9.91. The van der Waals surface area contributed by atoms with Gasteiger partial charge in [0.05, 0.1) is 15.6 Å². The average Bonchev–Trinajstić information content (AvgIpc) is 2.89. The molecule has 120 valence electrons. The minimum atomic E-state index is -0.740. The fourth-order valence-electron chi connectivity index (χ4n) is 1.39. The number of thiophene rings is 1. The van der Waals surface area contributed by atoms with E-state index < -0.39 is 24.5 Å². The molecule has 0 atom stereocenters. The number of urea groups is 1. The number of ether oxygens (including phenoxy) is 1. The van der Waals surface area contributed by atoms with Crippen LogP contribution < -0.4 is 10.6 Å². The predicted molar refractivity (Wildman–Crippen MR) is 81.1 cm³/mol. The van der Waals surface area contributed by atoms with E-state index in [1.165, 1.54) is 0 Å². The molecule has 7 nitrogen and oxygen atoms in total. The third-order valence-electron chi connectivity index (χ3n) is 2.36. The van der Waals surface area contributed by atoms with Gasteiger partial charge < -0.3 is 10.1 Å². The van der Waals surface area contributed by atoms with Gasteiger partial charge in [0.1, 0.15) is 0 Å². The number of imide groups is 1. The van der Waals surface area contributed by atoms with Gasteiger partial charge in [0, 0.05) is 13.0 Å². The Hall–Kier alpha value is -1.93. The summed E-state index contributed by atoms with van der Waals surface area (Å²) >= 11 is 6.85. The molecule has 22 heavy (non-hydrogen) atoms. The molecular formula is C13H15ClN2O5S. The molecule has 1 aromatic heterocycles. The Kier molecular flexibility index (Phi) is 7.55. The van der Waals surface area contributed by atoms with Crippen molar-refractivity contribution in [2.24, 2.45) is 0 Å². The van der Waals surface area contributed by atoms with E-state index in [9.17, 15) is 19.2 Å². The molecule has 0 aliphatic heterocycles. The maximum atomic E-state index is 11.7. The number of carbonyl (C=O) groups is 4. The summed E-state index contributed by atoms with van der Waals surface area (Å²) in [5.41, 5.74) is 0. The molecule has 0 spiro atoms. The number of hydrogen-bond acceptors (Lipinski definition) is 6. The molecule has 0 radical (unpaired) electrons. The molecule has 9 heteroatoms. The molecule has 0 aliphatic carbocycles. The second-order valence-corrected chi connectivity index (χ2v) is 5.81. The number of rotatable bonds is 7. The SMILES string of the molecule is CCNC(=O)NC(=O)COC(=O)CCC(=O)c1ccc(Cl)s1. The molecule has 0 aliphatic rings. The van der Waals surface area contributed by atoms with Crippen molar-refractivity contribution in [1.82, 2.24) is 10.6 Å². The van der Waals surface area contributed by atoms with Crippen molar-refractivity contribution in [3.05, 3.63) is 21.3 Å². The van der Waals surface area contributed by atoms with Gasteiger partial charge in [-0.25, -0.2) is 4.79 Å². The lowest BCUT2D eigenvalue weighted by molar-refractivity contribution is -0.148. The minimum absolute atomic E-state index is 0.0341. The summed E-state index contributed by atoms with van der Waals surface area (Å²) in [5, 5.41) is 4.34. The van der Waals surface area contributed by atoms with Crippen LogP contribution in [0.2, 0.25) is 4.34 Å². The zero-order valence-corrected chi connectivity index (χ0v) is 13.4. The van der Waals surface area contributed by atoms with Gasteiger partial charge in [-0.2, -0.15) is 0 Å². The summed E-state index contributed by atoms with van der Waals surface area (Å²) in [6.45, 7) is 1.49. The predicted octanol–water partition coefficient (Wildman–Crippen LogP) is 1.75. The van der Waals surface area contributed by atoms with Gasteiger partial charge in [-0.05, 0) is 19.1 Å². The molecule has 0 unspecified atom stereocenters. The monoisotopic (exact) mass is 346 g/mol. The van der Waals surface area contributed by atoms with Crippen LogP contribution in [0.1, 0.15) is 29.4 Å². The van der Waals surface area contributed by atoms with Gasteiger partial charge in [-0.1, -0.05) is 11.6 Å². The van der Waals surface area contributed by atoms with E-state index in [0.717, 1.165) is 11.3 Å². The van der Waals surface area contributed by atoms with Crippen LogP contribution in [-0.2, 0) is 14.3 Å². The lowest BCUT2D eigenvalue weighted by Crippen LogP contribution is -2.41. The number of amides is 3. The van der Waals surface area contributed by atoms with E-state index in [2.05, 4.69) is 10.1 Å². The van der Waals surface area contributed by atoms with E-state index >= 15 is 0 Å². The third-order valence-corrected chi connectivity index (χ3v) is 3.63. The van der Waals surface area contributed by atoms with Gasteiger partial charge >= 0.3 is 12.0 Å². The first-order valence-corrected chi connectivity index (χ1v) is 7.63. The maximum absolute atomic E-state index is 11.7. The van der Waals surface area contributed by atoms with E-state index in [1.807, 2.05) is 5.32 Å². The number of hydrogen-bond donors (Lipinski definition) is 2. The Bertz CT molecular complexity index is 573. The molecule has 1 heterocycles. The average molecular weight is 347 g/mol. The van der Waals surface area contributed by atoms with E-state index in [4.69, 9.17) is 11.6 Å². The van der Waals surface area contributed by atoms with Gasteiger partial charge in [0.2, 0.25) is 0 Å². The van der Waals surface area contributed by atoms with Crippen molar-refractivity contribution >= 4 is 46.6 Å². The largest absolute Gasteiger partial charge is 0.456 e. The van der Waals surface area contributed by atoms with E-state index in [0.29, 0.717) is 15.8 Å². The third kappa shape index (κ3) is 6.68. The summed E-state index contributed by atoms with van der Waals surface area (Å²) in [6, 6.07) is 2.53. The highest BCUT2D eigenvalue weighted by atomic mass is 35.5. The molecule has 2 N–H and O–H groups in total. The van der Waals surface area contributed by atoms with Gasteiger partial charge in [0.25, 0.3) is 5.91 Å². The van der Waals surface area contributed by atoms with Gasteiger partial charge in [0.15, 0.2) is 12.4 Å². The van der Waals surface area contributed by atoms with Crippen molar-refractivity contribution in [2.75, 3.05) is 13.2 Å². The first-order valence-electron chi connectivity index (χ1n) is 6.44. The number of Topliss-reactive ketones (excluding diaryl/α,β-unsaturated/α-hetero) is 1. The molecule has 0 saturated carbocycles. The number of nitrogens with one attached hydrogen (secondary N) is 2. The van der Waals surface area contributed by atoms with Crippen LogP contribution in [0.15, 0.2) is 12.1 Å². The molecule has 1 aromatic rings. The zero-order chi connectivity index (χ0) is 16.5.